The van der Waals surface area contributed by atoms with E-state index in [1.54, 1.807) is 12.3 Å². The second kappa shape index (κ2) is 11.5. The number of hydrogen-bond donors (Lipinski definition) is 3. The Morgan fingerprint density at radius 3 is 2.70 bits per heavy atom. The molecule has 6 rings (SSSR count). The van der Waals surface area contributed by atoms with Gasteiger partial charge in [-0.1, -0.05) is 17.7 Å². The van der Waals surface area contributed by atoms with E-state index >= 15 is 8.78 Å². The minimum atomic E-state index is -4.49. The molecule has 0 bridgehead atoms. The molecule has 1 fully saturated rings. The van der Waals surface area contributed by atoms with Gasteiger partial charge in [-0.05, 0) is 67.9 Å². The summed E-state index contributed by atoms with van der Waals surface area (Å²) in [5.74, 6) is -2.20. The number of aromatic nitrogens is 2. The van der Waals surface area contributed by atoms with Gasteiger partial charge in [-0.15, -0.1) is 0 Å². The van der Waals surface area contributed by atoms with Crippen LogP contribution in [0.3, 0.4) is 0 Å². The molecule has 0 amide bonds. The zero-order chi connectivity index (χ0) is 30.3. The Hall–Kier alpha value is -4.07. The number of nitrogens with zero attached hydrogens (tertiary/aromatic N) is 2. The van der Waals surface area contributed by atoms with Crippen LogP contribution in [-0.4, -0.2) is 50.1 Å². The molecule has 2 aliphatic rings. The molecule has 0 spiro atoms. The van der Waals surface area contributed by atoms with E-state index in [0.717, 1.165) is 44.1 Å². The van der Waals surface area contributed by atoms with Crippen molar-refractivity contribution in [2.24, 2.45) is 0 Å². The van der Waals surface area contributed by atoms with Crippen molar-refractivity contribution >= 4 is 50.1 Å². The van der Waals surface area contributed by atoms with Crippen LogP contribution in [-0.2, 0) is 19.6 Å². The number of hydrogen-bond acceptors (Lipinski definition) is 9. The van der Waals surface area contributed by atoms with Crippen LogP contribution in [0.1, 0.15) is 31.4 Å². The minimum Gasteiger partial charge on any atom is -0.487 e. The normalized spacial score (nSPS) is 16.9. The number of sulfonamides is 1. The lowest BCUT2D eigenvalue weighted by Crippen LogP contribution is -2.35. The number of halogens is 3. The molecule has 10 nitrogen and oxygen atoms in total. The van der Waals surface area contributed by atoms with E-state index in [0.29, 0.717) is 16.9 Å². The number of carbonyl (C=O) groups is 1. The number of rotatable bonds is 7. The van der Waals surface area contributed by atoms with Gasteiger partial charge in [0.25, 0.3) is 10.0 Å². The van der Waals surface area contributed by atoms with Crippen molar-refractivity contribution in [3.05, 3.63) is 70.9 Å². The third-order valence-corrected chi connectivity index (χ3v) is 8.84. The van der Waals surface area contributed by atoms with Crippen LogP contribution in [0.5, 0.6) is 5.75 Å². The van der Waals surface area contributed by atoms with E-state index in [4.69, 9.17) is 21.1 Å². The van der Waals surface area contributed by atoms with Gasteiger partial charge in [0.15, 0.2) is 11.9 Å². The largest absolute Gasteiger partial charge is 0.487 e. The summed E-state index contributed by atoms with van der Waals surface area (Å²) in [6.45, 7) is 2.91. The van der Waals surface area contributed by atoms with E-state index in [-0.39, 0.29) is 39.4 Å². The standard InChI is InChI=1S/C29H26ClF2N5O5S/c1-15(38)42-24-14-41-28-20(24)11-18(30)12-25(28)43(39,40)37-23-5-3-21(31)26(27(23)32)16-2-4-22-17(10-16)13-34-29(36-22)35-19-6-8-33-9-7-19/h2-5,10-13,19,24,33,37H,6-9,14H2,1H3,(H,34,35,36)/t24-/m1/s1. The number of nitrogens with one attached hydrogen (secondary N) is 3. The van der Waals surface area contributed by atoms with Crippen LogP contribution in [0.15, 0.2) is 53.6 Å². The zero-order valence-corrected chi connectivity index (χ0v) is 24.4. The van der Waals surface area contributed by atoms with Crippen molar-refractivity contribution in [1.29, 1.82) is 0 Å². The fourth-order valence-electron chi connectivity index (χ4n) is 5.23. The molecule has 0 unspecified atom stereocenters. The Labute approximate surface area is 250 Å². The van der Waals surface area contributed by atoms with E-state index < -0.39 is 45.0 Å². The highest BCUT2D eigenvalue weighted by molar-refractivity contribution is 7.92. The van der Waals surface area contributed by atoms with Crippen LogP contribution in [0, 0.1) is 11.6 Å². The third-order valence-electron chi connectivity index (χ3n) is 7.25. The van der Waals surface area contributed by atoms with Gasteiger partial charge in [0.2, 0.25) is 5.95 Å². The lowest BCUT2D eigenvalue weighted by atomic mass is 10.0. The van der Waals surface area contributed by atoms with Crippen LogP contribution in [0.25, 0.3) is 22.0 Å². The predicted molar refractivity (Wildman–Crippen MR) is 157 cm³/mol. The monoisotopic (exact) mass is 629 g/mol. The molecule has 0 radical (unpaired) electrons. The van der Waals surface area contributed by atoms with E-state index in [2.05, 4.69) is 25.3 Å². The number of piperidine rings is 1. The van der Waals surface area contributed by atoms with Gasteiger partial charge in [0.1, 0.15) is 23.1 Å². The van der Waals surface area contributed by atoms with Gasteiger partial charge in [0.05, 0.1) is 16.8 Å². The average molecular weight is 630 g/mol. The Morgan fingerprint density at radius 1 is 1.14 bits per heavy atom. The van der Waals surface area contributed by atoms with Crippen molar-refractivity contribution in [3.8, 4) is 16.9 Å². The summed E-state index contributed by atoms with van der Waals surface area (Å²) in [7, 11) is -4.49. The first kappa shape index (κ1) is 29.0. The molecule has 14 heteroatoms. The molecule has 1 aromatic heterocycles. The summed E-state index contributed by atoms with van der Waals surface area (Å²) in [5.41, 5.74) is 0.0898. The smallest absolute Gasteiger partial charge is 0.303 e. The number of anilines is 2. The highest BCUT2D eigenvalue weighted by Crippen LogP contribution is 2.43. The lowest BCUT2D eigenvalue weighted by Gasteiger charge is -2.23. The topological polar surface area (TPSA) is 132 Å². The Balaban J connectivity index is 1.30. The Kier molecular flexibility index (Phi) is 7.79. The average Bonchev–Trinajstić information content (AvgIpc) is 3.36. The first-order valence-corrected chi connectivity index (χ1v) is 15.3. The summed E-state index contributed by atoms with van der Waals surface area (Å²) < 4.78 is 70.6. The molecule has 1 saturated heterocycles. The second-order valence-electron chi connectivity index (χ2n) is 10.3. The SMILES string of the molecule is CC(=O)O[C@@H]1COc2c1cc(Cl)cc2S(=O)(=O)Nc1ccc(F)c(-c2ccc3nc(NC4CCNCC4)ncc3c2)c1F. The number of ether oxygens (including phenoxy) is 2. The summed E-state index contributed by atoms with van der Waals surface area (Å²) in [6.07, 6.45) is 2.60. The molecule has 0 saturated carbocycles. The maximum absolute atomic E-state index is 15.8. The number of esters is 1. The molecule has 3 N–H and O–H groups in total. The fourth-order valence-corrected chi connectivity index (χ4v) is 6.78. The molecule has 1 atom stereocenters. The molecule has 4 aromatic rings. The van der Waals surface area contributed by atoms with E-state index in [9.17, 15) is 13.2 Å². The van der Waals surface area contributed by atoms with Crippen LogP contribution in [0.4, 0.5) is 20.4 Å². The van der Waals surface area contributed by atoms with Gasteiger partial charge in [0, 0.05) is 35.1 Å². The van der Waals surface area contributed by atoms with Gasteiger partial charge < -0.3 is 20.1 Å². The van der Waals surface area contributed by atoms with Crippen molar-refractivity contribution in [2.45, 2.75) is 36.8 Å². The van der Waals surface area contributed by atoms with Crippen LogP contribution < -0.4 is 20.1 Å². The van der Waals surface area contributed by atoms with Gasteiger partial charge in [-0.3, -0.25) is 9.52 Å². The Morgan fingerprint density at radius 2 is 1.93 bits per heavy atom. The second-order valence-corrected chi connectivity index (χ2v) is 12.3. The van der Waals surface area contributed by atoms with Crippen molar-refractivity contribution in [2.75, 3.05) is 29.7 Å². The van der Waals surface area contributed by atoms with E-state index in [1.807, 2.05) is 0 Å². The molecule has 3 aromatic carbocycles. The Bertz CT molecular complexity index is 1850. The molecule has 2 aliphatic heterocycles. The summed E-state index contributed by atoms with van der Waals surface area (Å²) >= 11 is 6.17. The highest BCUT2D eigenvalue weighted by Gasteiger charge is 2.34. The van der Waals surface area contributed by atoms with Crippen LogP contribution in [0.2, 0.25) is 5.02 Å². The van der Waals surface area contributed by atoms with Crippen molar-refractivity contribution < 1.29 is 31.5 Å². The molecule has 0 aliphatic carbocycles. The molecular formula is C29H26ClF2N5O5S. The lowest BCUT2D eigenvalue weighted by molar-refractivity contribution is -0.147. The minimum absolute atomic E-state index is 0.0366. The highest BCUT2D eigenvalue weighted by atomic mass is 35.5. The van der Waals surface area contributed by atoms with Crippen molar-refractivity contribution in [3.63, 3.8) is 0 Å². The van der Waals surface area contributed by atoms with Gasteiger partial charge in [-0.25, -0.2) is 27.2 Å². The summed E-state index contributed by atoms with van der Waals surface area (Å²) in [5, 5.41) is 7.21. The fraction of sp³-hybridized carbons (Fsp3) is 0.276. The first-order valence-electron chi connectivity index (χ1n) is 13.5. The molecule has 224 valence electrons. The van der Waals surface area contributed by atoms with E-state index in [1.165, 1.54) is 25.1 Å². The number of benzene rings is 3. The molecule has 43 heavy (non-hydrogen) atoms. The number of carbonyl (C=O) groups excluding carboxylic acids is 1. The number of fused-ring (bicyclic) bond motifs is 2. The summed E-state index contributed by atoms with van der Waals surface area (Å²) in [6, 6.07) is 9.46. The quantitative estimate of drug-likeness (QED) is 0.236. The maximum atomic E-state index is 15.8. The predicted octanol–water partition coefficient (Wildman–Crippen LogP) is 5.19. The molecule has 3 heterocycles. The zero-order valence-electron chi connectivity index (χ0n) is 22.8. The first-order chi connectivity index (χ1) is 20.6. The van der Waals surface area contributed by atoms with Crippen molar-refractivity contribution in [1.82, 2.24) is 15.3 Å². The summed E-state index contributed by atoms with van der Waals surface area (Å²) in [4.78, 5) is 20.0. The van der Waals surface area contributed by atoms with Crippen LogP contribution >= 0.6 is 11.6 Å². The van der Waals surface area contributed by atoms with Gasteiger partial charge in [-0.2, -0.15) is 0 Å². The molecular weight excluding hydrogens is 604 g/mol. The van der Waals surface area contributed by atoms with Gasteiger partial charge >= 0.3 is 5.97 Å². The maximum Gasteiger partial charge on any atom is 0.303 e. The third kappa shape index (κ3) is 5.92.